The first kappa shape index (κ1) is 15.2. The summed E-state index contributed by atoms with van der Waals surface area (Å²) in [6.07, 6.45) is 4.50. The monoisotopic (exact) mass is 315 g/mol. The molecule has 0 aliphatic carbocycles. The summed E-state index contributed by atoms with van der Waals surface area (Å²) in [5, 5.41) is 6.12. The van der Waals surface area contributed by atoms with Crippen molar-refractivity contribution in [2.24, 2.45) is 11.8 Å². The molecule has 6 nitrogen and oxygen atoms in total. The highest BCUT2D eigenvalue weighted by Gasteiger charge is 2.45. The Kier molecular flexibility index (Phi) is 4.51. The lowest BCUT2D eigenvalue weighted by atomic mass is 9.93. The second-order valence-electron chi connectivity index (χ2n) is 6.47. The molecule has 3 aliphatic rings. The minimum Gasteiger partial charge on any atom is -0.354 e. The molecule has 0 aromatic carbocycles. The fourth-order valence-electron chi connectivity index (χ4n) is 3.86. The Balaban J connectivity index is 1.62. The molecule has 3 saturated heterocycles. The van der Waals surface area contributed by atoms with Gasteiger partial charge in [0.25, 0.3) is 0 Å². The largest absolute Gasteiger partial charge is 0.354 e. The van der Waals surface area contributed by atoms with E-state index < -0.39 is 10.0 Å². The first-order chi connectivity index (χ1) is 10.1. The van der Waals surface area contributed by atoms with Crippen molar-refractivity contribution >= 4 is 15.9 Å². The van der Waals surface area contributed by atoms with E-state index in [9.17, 15) is 13.2 Å². The smallest absolute Gasteiger partial charge is 0.224 e. The van der Waals surface area contributed by atoms with E-state index in [0.717, 1.165) is 45.2 Å². The topological polar surface area (TPSA) is 78.5 Å². The van der Waals surface area contributed by atoms with Crippen LogP contribution in [0.25, 0.3) is 0 Å². The predicted molar refractivity (Wildman–Crippen MR) is 80.2 cm³/mol. The van der Waals surface area contributed by atoms with Crippen molar-refractivity contribution in [3.8, 4) is 0 Å². The third-order valence-corrected chi connectivity index (χ3v) is 7.07. The quantitative estimate of drug-likeness (QED) is 0.760. The van der Waals surface area contributed by atoms with Gasteiger partial charge in [0.2, 0.25) is 15.9 Å². The van der Waals surface area contributed by atoms with E-state index in [-0.39, 0.29) is 23.6 Å². The molecule has 21 heavy (non-hydrogen) atoms. The predicted octanol–water partition coefficient (Wildman–Crippen LogP) is -0.0837. The normalized spacial score (nSPS) is 31.9. The average molecular weight is 315 g/mol. The lowest BCUT2D eigenvalue weighted by molar-refractivity contribution is -0.123. The summed E-state index contributed by atoms with van der Waals surface area (Å²) in [6.45, 7) is 3.05. The van der Waals surface area contributed by atoms with Gasteiger partial charge in [0.15, 0.2) is 0 Å². The second kappa shape index (κ2) is 6.22. The molecular formula is C14H25N3O3S. The van der Waals surface area contributed by atoms with Crippen LogP contribution in [0, 0.1) is 11.8 Å². The molecule has 3 fully saturated rings. The van der Waals surface area contributed by atoms with Gasteiger partial charge in [-0.15, -0.1) is 0 Å². The van der Waals surface area contributed by atoms with Gasteiger partial charge in [-0.25, -0.2) is 8.42 Å². The van der Waals surface area contributed by atoms with E-state index in [2.05, 4.69) is 10.6 Å². The van der Waals surface area contributed by atoms with Gasteiger partial charge < -0.3 is 10.6 Å². The molecule has 120 valence electrons. The summed E-state index contributed by atoms with van der Waals surface area (Å²) in [5.74, 6) is 0.644. The summed E-state index contributed by atoms with van der Waals surface area (Å²) in [6, 6.07) is -0.149. The van der Waals surface area contributed by atoms with Crippen molar-refractivity contribution in [2.75, 3.05) is 31.9 Å². The summed E-state index contributed by atoms with van der Waals surface area (Å²) in [7, 11) is -3.24. The lowest BCUT2D eigenvalue weighted by Crippen LogP contribution is -2.49. The molecule has 0 aromatic rings. The van der Waals surface area contributed by atoms with E-state index in [1.165, 1.54) is 0 Å². The Morgan fingerprint density at radius 1 is 1.19 bits per heavy atom. The maximum Gasteiger partial charge on any atom is 0.224 e. The number of carbonyl (C=O) groups excluding carboxylic acids is 1. The van der Waals surface area contributed by atoms with Gasteiger partial charge >= 0.3 is 0 Å². The van der Waals surface area contributed by atoms with Crippen molar-refractivity contribution in [3.63, 3.8) is 0 Å². The highest BCUT2D eigenvalue weighted by atomic mass is 32.2. The maximum absolute atomic E-state index is 12.6. The van der Waals surface area contributed by atoms with Crippen LogP contribution >= 0.6 is 0 Å². The number of sulfonamides is 1. The van der Waals surface area contributed by atoms with Gasteiger partial charge in [0.1, 0.15) is 0 Å². The molecule has 0 saturated carbocycles. The van der Waals surface area contributed by atoms with E-state index >= 15 is 0 Å². The first-order valence-electron chi connectivity index (χ1n) is 8.06. The number of hydrogen-bond acceptors (Lipinski definition) is 4. The third-order valence-electron chi connectivity index (χ3n) is 5.15. The van der Waals surface area contributed by atoms with Crippen molar-refractivity contribution < 1.29 is 13.2 Å². The van der Waals surface area contributed by atoms with Gasteiger partial charge in [-0.3, -0.25) is 4.79 Å². The van der Waals surface area contributed by atoms with Crippen LogP contribution in [0.5, 0.6) is 0 Å². The van der Waals surface area contributed by atoms with Crippen LogP contribution in [0.4, 0.5) is 0 Å². The van der Waals surface area contributed by atoms with Crippen LogP contribution < -0.4 is 10.6 Å². The van der Waals surface area contributed by atoms with Gasteiger partial charge in [-0.05, 0) is 51.1 Å². The molecule has 2 unspecified atom stereocenters. The zero-order valence-electron chi connectivity index (χ0n) is 12.4. The molecule has 1 amide bonds. The van der Waals surface area contributed by atoms with Crippen LogP contribution in [-0.4, -0.2) is 56.6 Å². The molecule has 3 rings (SSSR count). The van der Waals surface area contributed by atoms with Crippen molar-refractivity contribution in [2.45, 2.75) is 38.1 Å². The van der Waals surface area contributed by atoms with Crippen molar-refractivity contribution in [1.29, 1.82) is 0 Å². The molecular weight excluding hydrogens is 290 g/mol. The Labute approximate surface area is 126 Å². The minimum absolute atomic E-state index is 0.0262. The molecule has 3 heterocycles. The van der Waals surface area contributed by atoms with Gasteiger partial charge in [-0.2, -0.15) is 4.31 Å². The Morgan fingerprint density at radius 2 is 1.95 bits per heavy atom. The average Bonchev–Trinajstić information content (AvgIpc) is 2.88. The molecule has 0 radical (unpaired) electrons. The standard InChI is InChI=1S/C14H25N3O3S/c18-14-12-2-1-8-17(13(12)10-16-14)21(19,20)9-5-11-3-6-15-7-4-11/h11-13,15H,1-10H2,(H,16,18). The van der Waals surface area contributed by atoms with E-state index in [1.807, 2.05) is 0 Å². The number of nitrogens with one attached hydrogen (secondary N) is 2. The fourth-order valence-corrected chi connectivity index (χ4v) is 5.77. The second-order valence-corrected chi connectivity index (χ2v) is 8.51. The van der Waals surface area contributed by atoms with E-state index in [4.69, 9.17) is 0 Å². The fraction of sp³-hybridized carbons (Fsp3) is 0.929. The minimum atomic E-state index is -3.24. The number of piperidine rings is 2. The first-order valence-corrected chi connectivity index (χ1v) is 9.67. The summed E-state index contributed by atoms with van der Waals surface area (Å²) < 4.78 is 26.9. The van der Waals surface area contributed by atoms with Gasteiger partial charge in [0, 0.05) is 13.1 Å². The Hall–Kier alpha value is -0.660. The summed E-state index contributed by atoms with van der Waals surface area (Å²) >= 11 is 0. The number of amides is 1. The number of rotatable bonds is 4. The van der Waals surface area contributed by atoms with Crippen molar-refractivity contribution in [1.82, 2.24) is 14.9 Å². The zero-order chi connectivity index (χ0) is 14.9. The molecule has 0 spiro atoms. The molecule has 0 aromatic heterocycles. The number of carbonyl (C=O) groups is 1. The van der Waals surface area contributed by atoms with Crippen molar-refractivity contribution in [3.05, 3.63) is 0 Å². The molecule has 3 aliphatic heterocycles. The van der Waals surface area contributed by atoms with Gasteiger partial charge in [-0.1, -0.05) is 0 Å². The van der Waals surface area contributed by atoms with Crippen LogP contribution in [-0.2, 0) is 14.8 Å². The van der Waals surface area contributed by atoms with Gasteiger partial charge in [0.05, 0.1) is 17.7 Å². The lowest BCUT2D eigenvalue weighted by Gasteiger charge is -2.35. The highest BCUT2D eigenvalue weighted by molar-refractivity contribution is 7.89. The number of nitrogens with zero attached hydrogens (tertiary/aromatic N) is 1. The molecule has 2 atom stereocenters. The van der Waals surface area contributed by atoms with Crippen LogP contribution in [0.2, 0.25) is 0 Å². The SMILES string of the molecule is O=C1NCC2C1CCCN2S(=O)(=O)CCC1CCNCC1. The van der Waals surface area contributed by atoms with Crippen LogP contribution in [0.15, 0.2) is 0 Å². The summed E-state index contributed by atoms with van der Waals surface area (Å²) in [5.41, 5.74) is 0. The summed E-state index contributed by atoms with van der Waals surface area (Å²) in [4.78, 5) is 11.7. The highest BCUT2D eigenvalue weighted by Crippen LogP contribution is 2.30. The maximum atomic E-state index is 12.6. The van der Waals surface area contributed by atoms with Crippen LogP contribution in [0.3, 0.4) is 0 Å². The zero-order valence-corrected chi connectivity index (χ0v) is 13.2. The molecule has 0 bridgehead atoms. The number of fused-ring (bicyclic) bond motifs is 1. The Bertz CT molecular complexity index is 488. The molecule has 2 N–H and O–H groups in total. The Morgan fingerprint density at radius 3 is 2.71 bits per heavy atom. The van der Waals surface area contributed by atoms with E-state index in [0.29, 0.717) is 19.0 Å². The van der Waals surface area contributed by atoms with Crippen LogP contribution in [0.1, 0.15) is 32.1 Å². The number of hydrogen-bond donors (Lipinski definition) is 2. The third kappa shape index (κ3) is 3.24. The molecule has 7 heteroatoms. The van der Waals surface area contributed by atoms with E-state index in [1.54, 1.807) is 4.31 Å².